The molecule has 138 valence electrons. The van der Waals surface area contributed by atoms with E-state index in [2.05, 4.69) is 5.32 Å². The number of carbonyl (C=O) groups excluding carboxylic acids is 2. The second-order valence-electron chi connectivity index (χ2n) is 5.45. The predicted molar refractivity (Wildman–Crippen MR) is 97.4 cm³/mol. The first-order chi connectivity index (χ1) is 12.6. The lowest BCUT2D eigenvalue weighted by molar-refractivity contribution is -0.128. The molecule has 2 aromatic carbocycles. The lowest BCUT2D eigenvalue weighted by Gasteiger charge is -2.15. The number of carbonyl (C=O) groups is 2. The smallest absolute Gasteiger partial charge is 0.342 e. The maximum absolute atomic E-state index is 12.3. The first kappa shape index (κ1) is 19.3. The lowest BCUT2D eigenvalue weighted by Crippen LogP contribution is -2.35. The van der Waals surface area contributed by atoms with Crippen LogP contribution < -0.4 is 14.8 Å². The molecule has 6 nitrogen and oxygen atoms in total. The topological polar surface area (TPSA) is 73.9 Å². The molecule has 2 rings (SSSR count). The molecule has 0 unspecified atom stereocenters. The van der Waals surface area contributed by atoms with E-state index in [1.165, 1.54) is 6.92 Å². The molecule has 0 aliphatic carbocycles. The number of benzene rings is 2. The second kappa shape index (κ2) is 10.1. The SMILES string of the molecule is CCNC(=O)[C@H](C)OC(=O)c1ccccc1OCCOc1ccccc1. The number of hydrogen-bond donors (Lipinski definition) is 1. The van der Waals surface area contributed by atoms with Crippen LogP contribution in [0.3, 0.4) is 0 Å². The molecule has 0 bridgehead atoms. The molecule has 26 heavy (non-hydrogen) atoms. The van der Waals surface area contributed by atoms with Gasteiger partial charge in [0.2, 0.25) is 0 Å². The third-order valence-electron chi connectivity index (χ3n) is 3.46. The van der Waals surface area contributed by atoms with Crippen molar-refractivity contribution in [3.05, 3.63) is 60.2 Å². The highest BCUT2D eigenvalue weighted by atomic mass is 16.6. The summed E-state index contributed by atoms with van der Waals surface area (Å²) >= 11 is 0. The van der Waals surface area contributed by atoms with Crippen molar-refractivity contribution in [2.24, 2.45) is 0 Å². The Labute approximate surface area is 153 Å². The molecule has 0 saturated carbocycles. The van der Waals surface area contributed by atoms with E-state index in [0.717, 1.165) is 5.75 Å². The van der Waals surface area contributed by atoms with Gasteiger partial charge in [0, 0.05) is 6.54 Å². The number of amides is 1. The van der Waals surface area contributed by atoms with E-state index in [1.807, 2.05) is 30.3 Å². The van der Waals surface area contributed by atoms with Crippen LogP contribution in [0.4, 0.5) is 0 Å². The van der Waals surface area contributed by atoms with Crippen molar-refractivity contribution in [3.8, 4) is 11.5 Å². The van der Waals surface area contributed by atoms with Gasteiger partial charge < -0.3 is 19.5 Å². The van der Waals surface area contributed by atoms with Crippen LogP contribution in [0.5, 0.6) is 11.5 Å². The highest BCUT2D eigenvalue weighted by Crippen LogP contribution is 2.19. The third-order valence-corrected chi connectivity index (χ3v) is 3.46. The number of likely N-dealkylation sites (N-methyl/N-ethyl adjacent to an activating group) is 1. The van der Waals surface area contributed by atoms with Crippen molar-refractivity contribution >= 4 is 11.9 Å². The van der Waals surface area contributed by atoms with E-state index in [-0.39, 0.29) is 18.1 Å². The molecule has 0 fully saturated rings. The highest BCUT2D eigenvalue weighted by Gasteiger charge is 2.20. The summed E-state index contributed by atoms with van der Waals surface area (Å²) in [6, 6.07) is 16.1. The zero-order valence-electron chi connectivity index (χ0n) is 14.9. The minimum atomic E-state index is -0.878. The van der Waals surface area contributed by atoms with Crippen LogP contribution in [-0.2, 0) is 9.53 Å². The summed E-state index contributed by atoms with van der Waals surface area (Å²) in [5.74, 6) is 0.190. The summed E-state index contributed by atoms with van der Waals surface area (Å²) in [5, 5.41) is 2.61. The van der Waals surface area contributed by atoms with Gasteiger partial charge in [-0.1, -0.05) is 30.3 Å². The van der Waals surface area contributed by atoms with Crippen molar-refractivity contribution in [3.63, 3.8) is 0 Å². The van der Waals surface area contributed by atoms with E-state index in [9.17, 15) is 9.59 Å². The van der Waals surface area contributed by atoms with Gasteiger partial charge in [-0.15, -0.1) is 0 Å². The number of rotatable bonds is 9. The predicted octanol–water partition coefficient (Wildman–Crippen LogP) is 2.83. The van der Waals surface area contributed by atoms with Gasteiger partial charge in [0.25, 0.3) is 5.91 Å². The van der Waals surface area contributed by atoms with Gasteiger partial charge in [-0.2, -0.15) is 0 Å². The van der Waals surface area contributed by atoms with Gasteiger partial charge in [-0.25, -0.2) is 4.79 Å². The summed E-state index contributed by atoms with van der Waals surface area (Å²) < 4.78 is 16.4. The summed E-state index contributed by atoms with van der Waals surface area (Å²) in [4.78, 5) is 24.0. The zero-order chi connectivity index (χ0) is 18.8. The molecule has 0 aromatic heterocycles. The van der Waals surface area contributed by atoms with Crippen LogP contribution in [0.1, 0.15) is 24.2 Å². The molecular formula is C20H23NO5. The quantitative estimate of drug-likeness (QED) is 0.552. The average molecular weight is 357 g/mol. The van der Waals surface area contributed by atoms with Crippen LogP contribution in [-0.4, -0.2) is 37.7 Å². The fourth-order valence-corrected chi connectivity index (χ4v) is 2.18. The number of hydrogen-bond acceptors (Lipinski definition) is 5. The molecule has 1 N–H and O–H groups in total. The Kier molecular flexibility index (Phi) is 7.49. The van der Waals surface area contributed by atoms with Crippen LogP contribution >= 0.6 is 0 Å². The van der Waals surface area contributed by atoms with Gasteiger partial charge >= 0.3 is 5.97 Å². The minimum absolute atomic E-state index is 0.267. The Morgan fingerprint density at radius 3 is 2.35 bits per heavy atom. The van der Waals surface area contributed by atoms with E-state index in [1.54, 1.807) is 31.2 Å². The molecule has 0 heterocycles. The van der Waals surface area contributed by atoms with Crippen molar-refractivity contribution in [1.82, 2.24) is 5.32 Å². The van der Waals surface area contributed by atoms with Gasteiger partial charge in [-0.3, -0.25) is 4.79 Å². The van der Waals surface area contributed by atoms with Gasteiger partial charge in [0.15, 0.2) is 6.10 Å². The molecule has 1 amide bonds. The van der Waals surface area contributed by atoms with E-state index in [4.69, 9.17) is 14.2 Å². The van der Waals surface area contributed by atoms with Gasteiger partial charge in [0.05, 0.1) is 0 Å². The van der Waals surface area contributed by atoms with E-state index >= 15 is 0 Å². The fourth-order valence-electron chi connectivity index (χ4n) is 2.18. The number of nitrogens with one attached hydrogen (secondary N) is 1. The monoisotopic (exact) mass is 357 g/mol. The normalized spacial score (nSPS) is 11.3. The summed E-state index contributed by atoms with van der Waals surface area (Å²) in [5.41, 5.74) is 0.267. The molecule has 1 atom stereocenters. The maximum Gasteiger partial charge on any atom is 0.342 e. The molecule has 0 aliphatic rings. The van der Waals surface area contributed by atoms with Crippen LogP contribution in [0.2, 0.25) is 0 Å². The first-order valence-corrected chi connectivity index (χ1v) is 8.50. The molecule has 0 radical (unpaired) electrons. The van der Waals surface area contributed by atoms with Crippen LogP contribution in [0.15, 0.2) is 54.6 Å². The molecule has 0 spiro atoms. The Morgan fingerprint density at radius 1 is 0.962 bits per heavy atom. The number of para-hydroxylation sites is 2. The van der Waals surface area contributed by atoms with Crippen LogP contribution in [0, 0.1) is 0 Å². The summed E-state index contributed by atoms with van der Waals surface area (Å²) in [6.45, 7) is 4.41. The Bertz CT molecular complexity index is 717. The van der Waals surface area contributed by atoms with Crippen molar-refractivity contribution in [2.45, 2.75) is 20.0 Å². The second-order valence-corrected chi connectivity index (χ2v) is 5.45. The molecule has 0 aliphatic heterocycles. The summed E-state index contributed by atoms with van der Waals surface area (Å²) in [6.07, 6.45) is -0.878. The van der Waals surface area contributed by atoms with Gasteiger partial charge in [0.1, 0.15) is 30.3 Å². The summed E-state index contributed by atoms with van der Waals surface area (Å²) in [7, 11) is 0. The number of ether oxygens (including phenoxy) is 3. The lowest BCUT2D eigenvalue weighted by atomic mass is 10.2. The maximum atomic E-state index is 12.3. The van der Waals surface area contributed by atoms with E-state index in [0.29, 0.717) is 18.9 Å². The Hall–Kier alpha value is -3.02. The van der Waals surface area contributed by atoms with Crippen molar-refractivity contribution in [2.75, 3.05) is 19.8 Å². The zero-order valence-corrected chi connectivity index (χ0v) is 14.9. The fraction of sp³-hybridized carbons (Fsp3) is 0.300. The Balaban J connectivity index is 1.90. The van der Waals surface area contributed by atoms with Crippen molar-refractivity contribution < 1.29 is 23.8 Å². The Morgan fingerprint density at radius 2 is 1.62 bits per heavy atom. The molecule has 6 heteroatoms. The van der Waals surface area contributed by atoms with Crippen molar-refractivity contribution in [1.29, 1.82) is 0 Å². The molecule has 2 aromatic rings. The third kappa shape index (κ3) is 5.81. The van der Waals surface area contributed by atoms with Crippen LogP contribution in [0.25, 0.3) is 0 Å². The van der Waals surface area contributed by atoms with Gasteiger partial charge in [-0.05, 0) is 38.1 Å². The molecule has 0 saturated heterocycles. The molecular weight excluding hydrogens is 334 g/mol. The largest absolute Gasteiger partial charge is 0.490 e. The average Bonchev–Trinajstić information content (AvgIpc) is 2.66. The minimum Gasteiger partial charge on any atom is -0.490 e. The van der Waals surface area contributed by atoms with E-state index < -0.39 is 12.1 Å². The standard InChI is InChI=1S/C20H23NO5/c1-3-21-19(22)15(2)26-20(23)17-11-7-8-12-18(17)25-14-13-24-16-9-5-4-6-10-16/h4-12,15H,3,13-14H2,1-2H3,(H,21,22)/t15-/m0/s1. The first-order valence-electron chi connectivity index (χ1n) is 8.50. The highest BCUT2D eigenvalue weighted by molar-refractivity contribution is 5.94. The number of esters is 1.